The molecule has 8 nitrogen and oxygen atoms in total. The van der Waals surface area contributed by atoms with Crippen LogP contribution in [0.3, 0.4) is 0 Å². The van der Waals surface area contributed by atoms with Crippen LogP contribution in [0, 0.1) is 13.8 Å². The maximum Gasteiger partial charge on any atom is 0.294 e. The van der Waals surface area contributed by atoms with Crippen molar-refractivity contribution in [3.63, 3.8) is 0 Å². The highest BCUT2D eigenvalue weighted by Gasteiger charge is 2.07. The molecule has 2 N–H and O–H groups in total. The zero-order chi connectivity index (χ0) is 23.1. The lowest BCUT2D eigenvalue weighted by molar-refractivity contribution is 0.481. The average molecular weight is 463 g/mol. The second-order valence-corrected chi connectivity index (χ2v) is 9.32. The van der Waals surface area contributed by atoms with Gasteiger partial charge in [-0.3, -0.25) is 9.11 Å². The van der Waals surface area contributed by atoms with Crippen LogP contribution in [0.4, 0.5) is 0 Å². The van der Waals surface area contributed by atoms with Crippen molar-refractivity contribution >= 4 is 25.8 Å². The number of fused-ring (bicyclic) bond motifs is 1. The number of pyridine rings is 1. The molecule has 4 rings (SSSR count). The van der Waals surface area contributed by atoms with Crippen molar-refractivity contribution in [1.82, 2.24) is 9.61 Å². The van der Waals surface area contributed by atoms with Gasteiger partial charge in [0.05, 0.1) is 15.3 Å². The van der Waals surface area contributed by atoms with Crippen molar-refractivity contribution in [1.29, 1.82) is 0 Å². The Hall–Kier alpha value is -3.05. The first-order valence-electron chi connectivity index (χ1n) is 8.93. The molecular weight excluding hydrogens is 440 g/mol. The molecule has 164 valence electrons. The molecule has 2 heterocycles. The monoisotopic (exact) mass is 462 g/mol. The average Bonchev–Trinajstić information content (AvgIpc) is 3.17. The Kier molecular flexibility index (Phi) is 8.06. The molecular formula is C21H22N2O6S2. The van der Waals surface area contributed by atoms with Crippen LogP contribution in [-0.2, 0) is 20.2 Å². The fourth-order valence-electron chi connectivity index (χ4n) is 2.29. The summed E-state index contributed by atoms with van der Waals surface area (Å²) in [6.07, 6.45) is 3.71. The van der Waals surface area contributed by atoms with Crippen LogP contribution >= 0.6 is 0 Å². The number of hydrogen-bond acceptors (Lipinski definition) is 5. The first kappa shape index (κ1) is 24.2. The zero-order valence-electron chi connectivity index (χ0n) is 16.8. The second kappa shape index (κ2) is 10.3. The van der Waals surface area contributed by atoms with Gasteiger partial charge in [-0.1, -0.05) is 41.5 Å². The summed E-state index contributed by atoms with van der Waals surface area (Å²) in [6, 6.07) is 19.9. The largest absolute Gasteiger partial charge is 0.294 e. The van der Waals surface area contributed by atoms with E-state index >= 15 is 0 Å². The normalized spacial score (nSPS) is 11.1. The topological polar surface area (TPSA) is 126 Å². The van der Waals surface area contributed by atoms with Gasteiger partial charge in [-0.05, 0) is 56.3 Å². The SMILES string of the molecule is Cc1ccc(S(=O)(=O)O)cc1.Cc1ccc(S(=O)(=O)O)cc1.c1ccn2nccc2c1. The molecule has 2 aromatic heterocycles. The van der Waals surface area contributed by atoms with Crippen molar-refractivity contribution in [3.05, 3.63) is 96.3 Å². The van der Waals surface area contributed by atoms with Crippen LogP contribution in [-0.4, -0.2) is 35.6 Å². The summed E-state index contributed by atoms with van der Waals surface area (Å²) >= 11 is 0. The maximum atomic E-state index is 10.5. The van der Waals surface area contributed by atoms with Gasteiger partial charge in [-0.25, -0.2) is 4.52 Å². The Labute approximate surface area is 181 Å². The molecule has 0 spiro atoms. The molecule has 2 aromatic carbocycles. The number of benzene rings is 2. The lowest BCUT2D eigenvalue weighted by Gasteiger charge is -1.95. The van der Waals surface area contributed by atoms with E-state index in [4.69, 9.17) is 9.11 Å². The molecule has 4 aromatic rings. The predicted octanol–water partition coefficient (Wildman–Crippen LogP) is 3.82. The second-order valence-electron chi connectivity index (χ2n) is 6.48. The van der Waals surface area contributed by atoms with Gasteiger partial charge in [-0.2, -0.15) is 21.9 Å². The van der Waals surface area contributed by atoms with Gasteiger partial charge in [-0.15, -0.1) is 0 Å². The third-order valence-corrected chi connectivity index (χ3v) is 5.68. The maximum absolute atomic E-state index is 10.5. The van der Waals surface area contributed by atoms with E-state index < -0.39 is 20.2 Å². The van der Waals surface area contributed by atoms with E-state index in [1.54, 1.807) is 30.5 Å². The van der Waals surface area contributed by atoms with Gasteiger partial charge < -0.3 is 0 Å². The van der Waals surface area contributed by atoms with E-state index in [1.807, 2.05) is 48.8 Å². The van der Waals surface area contributed by atoms with E-state index in [2.05, 4.69) is 5.10 Å². The third-order valence-electron chi connectivity index (χ3n) is 3.94. The van der Waals surface area contributed by atoms with Crippen LogP contribution in [0.2, 0.25) is 0 Å². The summed E-state index contributed by atoms with van der Waals surface area (Å²) in [5.41, 5.74) is 3.05. The molecule has 0 saturated heterocycles. The van der Waals surface area contributed by atoms with Crippen molar-refractivity contribution in [2.45, 2.75) is 23.6 Å². The summed E-state index contributed by atoms with van der Waals surface area (Å²) in [5, 5.41) is 4.04. The van der Waals surface area contributed by atoms with E-state index in [9.17, 15) is 16.8 Å². The zero-order valence-corrected chi connectivity index (χ0v) is 18.5. The number of hydrogen-bond donors (Lipinski definition) is 2. The summed E-state index contributed by atoms with van der Waals surface area (Å²) in [7, 11) is -8.04. The molecule has 0 amide bonds. The quantitative estimate of drug-likeness (QED) is 0.434. The molecule has 0 atom stereocenters. The third kappa shape index (κ3) is 7.95. The molecule has 0 aliphatic carbocycles. The summed E-state index contributed by atoms with van der Waals surface area (Å²) in [4.78, 5) is -0.133. The Morgan fingerprint density at radius 3 is 1.52 bits per heavy atom. The molecule has 31 heavy (non-hydrogen) atoms. The number of rotatable bonds is 2. The highest BCUT2D eigenvalue weighted by molar-refractivity contribution is 7.86. The Bertz CT molecular complexity index is 1230. The molecule has 0 bridgehead atoms. The molecule has 0 aliphatic heterocycles. The molecule has 0 unspecified atom stereocenters. The number of nitrogens with zero attached hydrogens (tertiary/aromatic N) is 2. The van der Waals surface area contributed by atoms with Gasteiger partial charge in [0, 0.05) is 12.4 Å². The van der Waals surface area contributed by atoms with E-state index in [0.29, 0.717) is 0 Å². The van der Waals surface area contributed by atoms with Crippen LogP contribution in [0.15, 0.2) is 95.0 Å². The van der Waals surface area contributed by atoms with Crippen LogP contribution in [0.5, 0.6) is 0 Å². The molecule has 10 heteroatoms. The minimum atomic E-state index is -4.02. The minimum absolute atomic E-state index is 0.0666. The summed E-state index contributed by atoms with van der Waals surface area (Å²) in [5.74, 6) is 0. The fraction of sp³-hybridized carbons (Fsp3) is 0.0952. The lowest BCUT2D eigenvalue weighted by atomic mass is 10.2. The predicted molar refractivity (Wildman–Crippen MR) is 117 cm³/mol. The van der Waals surface area contributed by atoms with Crippen LogP contribution in [0.1, 0.15) is 11.1 Å². The van der Waals surface area contributed by atoms with Crippen molar-refractivity contribution < 1.29 is 25.9 Å². The van der Waals surface area contributed by atoms with E-state index in [0.717, 1.165) is 16.6 Å². The van der Waals surface area contributed by atoms with Crippen molar-refractivity contribution in [2.75, 3.05) is 0 Å². The van der Waals surface area contributed by atoms with Crippen LogP contribution in [0.25, 0.3) is 5.52 Å². The molecule has 0 radical (unpaired) electrons. The minimum Gasteiger partial charge on any atom is -0.282 e. The molecule has 0 fully saturated rings. The van der Waals surface area contributed by atoms with Gasteiger partial charge in [0.15, 0.2) is 0 Å². The van der Waals surface area contributed by atoms with Gasteiger partial charge in [0.25, 0.3) is 20.2 Å². The first-order chi connectivity index (χ1) is 14.5. The van der Waals surface area contributed by atoms with E-state index in [1.165, 1.54) is 24.3 Å². The smallest absolute Gasteiger partial charge is 0.282 e. The Morgan fingerprint density at radius 1 is 0.677 bits per heavy atom. The lowest BCUT2D eigenvalue weighted by Crippen LogP contribution is -1.96. The Morgan fingerprint density at radius 2 is 1.13 bits per heavy atom. The Balaban J connectivity index is 0.000000166. The molecule has 0 aliphatic rings. The van der Waals surface area contributed by atoms with Gasteiger partial charge >= 0.3 is 0 Å². The summed E-state index contributed by atoms with van der Waals surface area (Å²) in [6.45, 7) is 3.68. The van der Waals surface area contributed by atoms with Crippen molar-refractivity contribution in [3.8, 4) is 0 Å². The van der Waals surface area contributed by atoms with Gasteiger partial charge in [0.2, 0.25) is 0 Å². The van der Waals surface area contributed by atoms with E-state index in [-0.39, 0.29) is 9.79 Å². The van der Waals surface area contributed by atoms with Crippen molar-refractivity contribution in [2.24, 2.45) is 0 Å². The highest BCUT2D eigenvalue weighted by Crippen LogP contribution is 2.09. The first-order valence-corrected chi connectivity index (χ1v) is 11.8. The van der Waals surface area contributed by atoms with Gasteiger partial charge in [0.1, 0.15) is 0 Å². The highest BCUT2D eigenvalue weighted by atomic mass is 32.2. The fourth-order valence-corrected chi connectivity index (χ4v) is 3.25. The van der Waals surface area contributed by atoms with Crippen LogP contribution < -0.4 is 0 Å². The standard InChI is InChI=1S/C7H6N2.2C7H8O3S/c1-2-6-9-7(3-1)4-5-8-9;2*1-6-2-4-7(5-3-6)11(8,9)10/h1-6H;2*2-5H,1H3,(H,8,9,10). The summed E-state index contributed by atoms with van der Waals surface area (Å²) < 4.78 is 60.9. The molecule has 0 saturated carbocycles. The number of aromatic nitrogens is 2. The number of aryl methyl sites for hydroxylation is 2.